The molecule has 1 N–H and O–H groups in total. The third-order valence-electron chi connectivity index (χ3n) is 3.34. The first-order valence-corrected chi connectivity index (χ1v) is 9.04. The summed E-state index contributed by atoms with van der Waals surface area (Å²) in [5.74, 6) is 1.52. The van der Waals surface area contributed by atoms with Gasteiger partial charge in [0.2, 0.25) is 0 Å². The van der Waals surface area contributed by atoms with Crippen LogP contribution in [-0.4, -0.2) is 37.9 Å². The van der Waals surface area contributed by atoms with Gasteiger partial charge in [0.05, 0.1) is 12.7 Å². The topological polar surface area (TPSA) is 64.6 Å². The van der Waals surface area contributed by atoms with Crippen LogP contribution in [0.15, 0.2) is 54.6 Å². The molecule has 0 saturated carbocycles. The van der Waals surface area contributed by atoms with E-state index in [0.717, 1.165) is 11.5 Å². The van der Waals surface area contributed by atoms with Gasteiger partial charge in [-0.1, -0.05) is 30.3 Å². The number of ether oxygens (including phenoxy) is 2. The lowest BCUT2D eigenvalue weighted by Crippen LogP contribution is -2.30. The van der Waals surface area contributed by atoms with E-state index in [4.69, 9.17) is 9.47 Å². The van der Waals surface area contributed by atoms with Crippen molar-refractivity contribution in [1.82, 2.24) is 5.32 Å². The van der Waals surface area contributed by atoms with E-state index in [-0.39, 0.29) is 12.5 Å². The molecule has 132 valence electrons. The zero-order valence-electron chi connectivity index (χ0n) is 14.1. The van der Waals surface area contributed by atoms with Crippen molar-refractivity contribution in [2.24, 2.45) is 0 Å². The quantitative estimate of drug-likeness (QED) is 0.551. The van der Waals surface area contributed by atoms with Crippen LogP contribution in [0.2, 0.25) is 0 Å². The van der Waals surface area contributed by atoms with Crippen molar-refractivity contribution in [3.05, 3.63) is 65.7 Å². The number of amides is 1. The smallest absolute Gasteiger partial charge is 0.338 e. The number of carbonyl (C=O) groups excluding carboxylic acids is 2. The summed E-state index contributed by atoms with van der Waals surface area (Å²) in [6.07, 6.45) is 0. The Kier molecular flexibility index (Phi) is 7.85. The van der Waals surface area contributed by atoms with Crippen molar-refractivity contribution in [2.45, 2.75) is 5.75 Å². The molecule has 2 aromatic rings. The highest BCUT2D eigenvalue weighted by Crippen LogP contribution is 2.12. The summed E-state index contributed by atoms with van der Waals surface area (Å²) < 4.78 is 10.0. The molecule has 0 atom stereocenters. The first-order chi connectivity index (χ1) is 12.2. The molecule has 0 unspecified atom stereocenters. The van der Waals surface area contributed by atoms with Gasteiger partial charge < -0.3 is 14.8 Å². The molecule has 25 heavy (non-hydrogen) atoms. The summed E-state index contributed by atoms with van der Waals surface area (Å²) in [4.78, 5) is 23.5. The lowest BCUT2D eigenvalue weighted by molar-refractivity contribution is -0.124. The van der Waals surface area contributed by atoms with E-state index in [0.29, 0.717) is 17.9 Å². The highest BCUT2D eigenvalue weighted by Gasteiger charge is 2.10. The predicted octanol–water partition coefficient (Wildman–Crippen LogP) is 2.90. The van der Waals surface area contributed by atoms with E-state index in [1.807, 2.05) is 18.2 Å². The van der Waals surface area contributed by atoms with Gasteiger partial charge in [-0.3, -0.25) is 4.79 Å². The van der Waals surface area contributed by atoms with Crippen molar-refractivity contribution in [3.63, 3.8) is 0 Å². The van der Waals surface area contributed by atoms with E-state index in [2.05, 4.69) is 17.4 Å². The van der Waals surface area contributed by atoms with Gasteiger partial charge >= 0.3 is 5.97 Å². The molecular weight excluding hydrogens is 338 g/mol. The van der Waals surface area contributed by atoms with Gasteiger partial charge in [-0.05, 0) is 29.8 Å². The summed E-state index contributed by atoms with van der Waals surface area (Å²) in [5.41, 5.74) is 1.64. The van der Waals surface area contributed by atoms with Crippen LogP contribution in [0, 0.1) is 0 Å². The van der Waals surface area contributed by atoms with Crippen LogP contribution in [0.3, 0.4) is 0 Å². The van der Waals surface area contributed by atoms with E-state index < -0.39 is 5.97 Å². The summed E-state index contributed by atoms with van der Waals surface area (Å²) in [5, 5.41) is 2.74. The molecule has 6 heteroatoms. The molecule has 0 bridgehead atoms. The number of hydrogen-bond donors (Lipinski definition) is 1. The molecule has 0 heterocycles. The van der Waals surface area contributed by atoms with E-state index in [9.17, 15) is 9.59 Å². The average Bonchev–Trinajstić information content (AvgIpc) is 2.66. The normalized spacial score (nSPS) is 10.1. The minimum atomic E-state index is -0.531. The molecule has 5 nitrogen and oxygen atoms in total. The molecule has 2 aromatic carbocycles. The molecule has 0 spiro atoms. The van der Waals surface area contributed by atoms with E-state index in [1.54, 1.807) is 43.1 Å². The summed E-state index contributed by atoms with van der Waals surface area (Å²) in [6, 6.07) is 16.7. The first-order valence-electron chi connectivity index (χ1n) is 7.88. The molecule has 0 aliphatic carbocycles. The Morgan fingerprint density at radius 1 is 1.04 bits per heavy atom. The number of thioether (sulfide) groups is 1. The molecular formula is C19H21NO4S. The maximum atomic E-state index is 11.8. The van der Waals surface area contributed by atoms with Crippen LogP contribution in [-0.2, 0) is 15.3 Å². The van der Waals surface area contributed by atoms with Crippen LogP contribution < -0.4 is 10.1 Å². The van der Waals surface area contributed by atoms with Crippen molar-refractivity contribution in [2.75, 3.05) is 26.0 Å². The number of rotatable bonds is 9. The van der Waals surface area contributed by atoms with Crippen LogP contribution >= 0.6 is 11.8 Å². The summed E-state index contributed by atoms with van der Waals surface area (Å²) >= 11 is 1.74. The number of carbonyl (C=O) groups is 2. The fourth-order valence-electron chi connectivity index (χ4n) is 2.02. The van der Waals surface area contributed by atoms with Crippen molar-refractivity contribution < 1.29 is 19.1 Å². The molecule has 1 amide bonds. The Labute approximate surface area is 151 Å². The Bertz CT molecular complexity index is 674. The molecule has 0 aromatic heterocycles. The molecule has 0 aliphatic rings. The third-order valence-corrected chi connectivity index (χ3v) is 4.37. The molecule has 2 rings (SSSR count). The lowest BCUT2D eigenvalue weighted by atomic mass is 10.2. The van der Waals surface area contributed by atoms with Gasteiger partial charge in [-0.15, -0.1) is 0 Å². The first kappa shape index (κ1) is 18.9. The number of benzene rings is 2. The van der Waals surface area contributed by atoms with Gasteiger partial charge in [0.15, 0.2) is 6.61 Å². The van der Waals surface area contributed by atoms with Crippen LogP contribution in [0.5, 0.6) is 5.75 Å². The predicted molar refractivity (Wildman–Crippen MR) is 98.9 cm³/mol. The number of esters is 1. The van der Waals surface area contributed by atoms with Crippen LogP contribution in [0.25, 0.3) is 0 Å². The maximum absolute atomic E-state index is 11.8. The summed E-state index contributed by atoms with van der Waals surface area (Å²) in [6.45, 7) is 0.255. The van der Waals surface area contributed by atoms with E-state index >= 15 is 0 Å². The number of methoxy groups -OCH3 is 1. The van der Waals surface area contributed by atoms with Gasteiger partial charge in [-0.2, -0.15) is 11.8 Å². The Morgan fingerprint density at radius 3 is 2.44 bits per heavy atom. The second-order valence-electron chi connectivity index (χ2n) is 5.19. The minimum Gasteiger partial charge on any atom is -0.497 e. The number of hydrogen-bond acceptors (Lipinski definition) is 5. The van der Waals surface area contributed by atoms with Crippen LogP contribution in [0.1, 0.15) is 15.9 Å². The molecule has 0 aliphatic heterocycles. The maximum Gasteiger partial charge on any atom is 0.338 e. The van der Waals surface area contributed by atoms with Gasteiger partial charge in [0, 0.05) is 18.1 Å². The Hall–Kier alpha value is -2.47. The highest BCUT2D eigenvalue weighted by atomic mass is 32.2. The fraction of sp³-hybridized carbons (Fsp3) is 0.263. The largest absolute Gasteiger partial charge is 0.497 e. The van der Waals surface area contributed by atoms with Gasteiger partial charge in [-0.25, -0.2) is 4.79 Å². The van der Waals surface area contributed by atoms with Crippen molar-refractivity contribution in [1.29, 1.82) is 0 Å². The zero-order chi connectivity index (χ0) is 17.9. The SMILES string of the molecule is COc1ccc(C(=O)OCC(=O)NCCSCc2ccccc2)cc1. The van der Waals surface area contributed by atoms with Crippen molar-refractivity contribution in [3.8, 4) is 5.75 Å². The van der Waals surface area contributed by atoms with Gasteiger partial charge in [0.1, 0.15) is 5.75 Å². The number of nitrogens with one attached hydrogen (secondary N) is 1. The second kappa shape index (κ2) is 10.4. The Morgan fingerprint density at radius 2 is 1.76 bits per heavy atom. The lowest BCUT2D eigenvalue weighted by Gasteiger charge is -2.07. The van der Waals surface area contributed by atoms with Gasteiger partial charge in [0.25, 0.3) is 5.91 Å². The monoisotopic (exact) mass is 359 g/mol. The highest BCUT2D eigenvalue weighted by molar-refractivity contribution is 7.98. The molecule has 0 saturated heterocycles. The second-order valence-corrected chi connectivity index (χ2v) is 6.30. The van der Waals surface area contributed by atoms with E-state index in [1.165, 1.54) is 5.56 Å². The molecule has 0 radical (unpaired) electrons. The van der Waals surface area contributed by atoms with Crippen LogP contribution in [0.4, 0.5) is 0 Å². The van der Waals surface area contributed by atoms with Crippen molar-refractivity contribution >= 4 is 23.6 Å². The summed E-state index contributed by atoms with van der Waals surface area (Å²) in [7, 11) is 1.55. The minimum absolute atomic E-state index is 0.284. The standard InChI is InChI=1S/C19H21NO4S/c1-23-17-9-7-16(8-10-17)19(22)24-13-18(21)20-11-12-25-14-15-5-3-2-4-6-15/h2-10H,11-14H2,1H3,(H,20,21). The fourth-order valence-corrected chi connectivity index (χ4v) is 2.84. The molecule has 0 fully saturated rings. The zero-order valence-corrected chi connectivity index (χ0v) is 14.9. The average molecular weight is 359 g/mol. The third kappa shape index (κ3) is 6.89. The Balaban J connectivity index is 1.59.